The number of hydrogen-bond donors (Lipinski definition) is 2. The molecule has 5 heteroatoms. The quantitative estimate of drug-likeness (QED) is 0.705. The van der Waals surface area contributed by atoms with Gasteiger partial charge in [0.2, 0.25) is 5.91 Å². The number of rotatable bonds is 8. The van der Waals surface area contributed by atoms with Gasteiger partial charge < -0.3 is 15.2 Å². The largest absolute Gasteiger partial charge is 0.489 e. The molecule has 0 aliphatic heterocycles. The molecule has 25 heavy (non-hydrogen) atoms. The van der Waals surface area contributed by atoms with Crippen molar-refractivity contribution in [3.05, 3.63) is 65.7 Å². The predicted molar refractivity (Wildman–Crippen MR) is 102 cm³/mol. The highest BCUT2D eigenvalue weighted by Gasteiger charge is 2.11. The Morgan fingerprint density at radius 3 is 2.28 bits per heavy atom. The van der Waals surface area contributed by atoms with E-state index in [1.165, 1.54) is 0 Å². The molecule has 0 saturated carbocycles. The Labute approximate surface area is 154 Å². The van der Waals surface area contributed by atoms with E-state index in [4.69, 9.17) is 16.3 Å². The summed E-state index contributed by atoms with van der Waals surface area (Å²) in [5, 5.41) is 12.0. The SMILES string of the molecule is CC.O=C(CCl)NC(CO)Cc1ccc(OCc2ccccc2)cc1. The molecule has 0 aliphatic carbocycles. The van der Waals surface area contributed by atoms with Crippen molar-refractivity contribution in [3.8, 4) is 5.75 Å². The minimum atomic E-state index is -0.336. The number of benzene rings is 2. The van der Waals surface area contributed by atoms with E-state index in [9.17, 15) is 9.90 Å². The first-order valence-electron chi connectivity index (χ1n) is 8.43. The van der Waals surface area contributed by atoms with Crippen LogP contribution in [0.15, 0.2) is 54.6 Å². The van der Waals surface area contributed by atoms with Crippen LogP contribution in [0.25, 0.3) is 0 Å². The van der Waals surface area contributed by atoms with E-state index in [2.05, 4.69) is 5.32 Å². The predicted octanol–water partition coefficient (Wildman–Crippen LogP) is 3.55. The van der Waals surface area contributed by atoms with Crippen LogP contribution in [0.5, 0.6) is 5.75 Å². The zero-order chi connectivity index (χ0) is 18.5. The number of nitrogens with one attached hydrogen (secondary N) is 1. The van der Waals surface area contributed by atoms with Crippen LogP contribution in [0.4, 0.5) is 0 Å². The number of ether oxygens (including phenoxy) is 1. The number of amides is 1. The number of hydrogen-bond acceptors (Lipinski definition) is 3. The van der Waals surface area contributed by atoms with Gasteiger partial charge in [-0.3, -0.25) is 4.79 Å². The summed E-state index contributed by atoms with van der Waals surface area (Å²) in [7, 11) is 0. The molecule has 0 aromatic heterocycles. The Hall–Kier alpha value is -2.04. The summed E-state index contributed by atoms with van der Waals surface area (Å²) in [5.41, 5.74) is 2.12. The highest BCUT2D eigenvalue weighted by atomic mass is 35.5. The van der Waals surface area contributed by atoms with Gasteiger partial charge in [0, 0.05) is 0 Å². The first-order valence-corrected chi connectivity index (χ1v) is 8.96. The van der Waals surface area contributed by atoms with Gasteiger partial charge in [0.25, 0.3) is 0 Å². The van der Waals surface area contributed by atoms with Gasteiger partial charge in [0.1, 0.15) is 18.2 Å². The van der Waals surface area contributed by atoms with E-state index in [0.29, 0.717) is 13.0 Å². The Morgan fingerprint density at radius 2 is 1.72 bits per heavy atom. The van der Waals surface area contributed by atoms with Crippen molar-refractivity contribution in [2.24, 2.45) is 0 Å². The molecular weight excluding hydrogens is 338 g/mol. The first-order chi connectivity index (χ1) is 12.2. The monoisotopic (exact) mass is 363 g/mol. The molecule has 0 aliphatic rings. The molecule has 1 amide bonds. The normalized spacial score (nSPS) is 11.0. The molecule has 0 fully saturated rings. The van der Waals surface area contributed by atoms with Crippen LogP contribution < -0.4 is 10.1 Å². The van der Waals surface area contributed by atoms with Crippen LogP contribution in [0.1, 0.15) is 25.0 Å². The highest BCUT2D eigenvalue weighted by molar-refractivity contribution is 6.27. The third-order valence-electron chi connectivity index (χ3n) is 3.36. The van der Waals surface area contributed by atoms with E-state index >= 15 is 0 Å². The summed E-state index contributed by atoms with van der Waals surface area (Å²) in [6, 6.07) is 17.2. The first kappa shape index (κ1) is 21.0. The molecular formula is C20H26ClNO3. The fraction of sp³-hybridized carbons (Fsp3) is 0.350. The second kappa shape index (κ2) is 12.3. The number of carbonyl (C=O) groups is 1. The van der Waals surface area contributed by atoms with Crippen molar-refractivity contribution < 1.29 is 14.6 Å². The van der Waals surface area contributed by atoms with Gasteiger partial charge in [-0.25, -0.2) is 0 Å². The maximum Gasteiger partial charge on any atom is 0.235 e. The van der Waals surface area contributed by atoms with Gasteiger partial charge in [0.15, 0.2) is 0 Å². The van der Waals surface area contributed by atoms with Gasteiger partial charge in [-0.1, -0.05) is 56.3 Å². The van der Waals surface area contributed by atoms with E-state index in [-0.39, 0.29) is 24.4 Å². The Kier molecular flexibility index (Phi) is 10.4. The Bertz CT molecular complexity index is 602. The van der Waals surface area contributed by atoms with Crippen LogP contribution in [0.2, 0.25) is 0 Å². The van der Waals surface area contributed by atoms with E-state index in [1.54, 1.807) is 0 Å². The lowest BCUT2D eigenvalue weighted by Gasteiger charge is -2.16. The van der Waals surface area contributed by atoms with E-state index in [1.807, 2.05) is 68.4 Å². The van der Waals surface area contributed by atoms with Crippen molar-refractivity contribution in [1.82, 2.24) is 5.32 Å². The highest BCUT2D eigenvalue weighted by Crippen LogP contribution is 2.15. The van der Waals surface area contributed by atoms with Crippen LogP contribution in [0.3, 0.4) is 0 Å². The standard InChI is InChI=1S/C18H20ClNO3.C2H6/c19-11-18(22)20-16(12-21)10-14-6-8-17(9-7-14)23-13-15-4-2-1-3-5-15;1-2/h1-9,16,21H,10-13H2,(H,20,22);1-2H3. The molecule has 136 valence electrons. The minimum absolute atomic E-state index is 0.108. The molecule has 2 rings (SSSR count). The van der Waals surface area contributed by atoms with Crippen LogP contribution in [-0.2, 0) is 17.8 Å². The summed E-state index contributed by atoms with van der Waals surface area (Å²) in [4.78, 5) is 11.3. The van der Waals surface area contributed by atoms with Crippen molar-refractivity contribution in [1.29, 1.82) is 0 Å². The maximum atomic E-state index is 11.3. The molecule has 2 aromatic rings. The molecule has 2 aromatic carbocycles. The molecule has 0 radical (unpaired) electrons. The van der Waals surface area contributed by atoms with Gasteiger partial charge in [0.05, 0.1) is 12.6 Å². The van der Waals surface area contributed by atoms with Crippen molar-refractivity contribution in [3.63, 3.8) is 0 Å². The molecule has 0 heterocycles. The zero-order valence-corrected chi connectivity index (χ0v) is 15.5. The summed E-state index contributed by atoms with van der Waals surface area (Å²) in [6.07, 6.45) is 0.540. The Balaban J connectivity index is 0.00000151. The topological polar surface area (TPSA) is 58.6 Å². The van der Waals surface area contributed by atoms with Gasteiger partial charge in [-0.15, -0.1) is 11.6 Å². The lowest BCUT2D eigenvalue weighted by Crippen LogP contribution is -2.39. The van der Waals surface area contributed by atoms with Gasteiger partial charge in [-0.2, -0.15) is 0 Å². The van der Waals surface area contributed by atoms with E-state index in [0.717, 1.165) is 16.9 Å². The van der Waals surface area contributed by atoms with Crippen LogP contribution in [-0.4, -0.2) is 29.5 Å². The minimum Gasteiger partial charge on any atom is -0.489 e. The molecule has 4 nitrogen and oxygen atoms in total. The fourth-order valence-electron chi connectivity index (χ4n) is 2.17. The number of alkyl halides is 1. The number of aliphatic hydroxyl groups excluding tert-OH is 1. The summed E-state index contributed by atoms with van der Waals surface area (Å²) in [5.74, 6) is 0.388. The van der Waals surface area contributed by atoms with Crippen LogP contribution >= 0.6 is 11.6 Å². The number of aliphatic hydroxyl groups is 1. The molecule has 1 atom stereocenters. The average molecular weight is 364 g/mol. The second-order valence-corrected chi connectivity index (χ2v) is 5.47. The van der Waals surface area contributed by atoms with Crippen molar-refractivity contribution >= 4 is 17.5 Å². The molecule has 0 spiro atoms. The number of carbonyl (C=O) groups excluding carboxylic acids is 1. The fourth-order valence-corrected chi connectivity index (χ4v) is 2.25. The smallest absolute Gasteiger partial charge is 0.235 e. The van der Waals surface area contributed by atoms with Crippen molar-refractivity contribution in [2.45, 2.75) is 32.9 Å². The molecule has 0 saturated heterocycles. The molecule has 2 N–H and O–H groups in total. The lowest BCUT2D eigenvalue weighted by atomic mass is 10.1. The lowest BCUT2D eigenvalue weighted by molar-refractivity contribution is -0.119. The maximum absolute atomic E-state index is 11.3. The third kappa shape index (κ3) is 8.05. The van der Waals surface area contributed by atoms with E-state index < -0.39 is 0 Å². The average Bonchev–Trinajstić information content (AvgIpc) is 2.69. The second-order valence-electron chi connectivity index (χ2n) is 5.20. The molecule has 1 unspecified atom stereocenters. The van der Waals surface area contributed by atoms with Gasteiger partial charge >= 0.3 is 0 Å². The molecule has 0 bridgehead atoms. The van der Waals surface area contributed by atoms with Crippen molar-refractivity contribution in [2.75, 3.05) is 12.5 Å². The summed E-state index contributed by atoms with van der Waals surface area (Å²) in [6.45, 7) is 4.39. The number of halogens is 1. The summed E-state index contributed by atoms with van der Waals surface area (Å²) < 4.78 is 5.72. The Morgan fingerprint density at radius 1 is 1.08 bits per heavy atom. The van der Waals surface area contributed by atoms with Gasteiger partial charge in [-0.05, 0) is 29.7 Å². The zero-order valence-electron chi connectivity index (χ0n) is 14.7. The van der Waals surface area contributed by atoms with Crippen LogP contribution in [0, 0.1) is 0 Å². The summed E-state index contributed by atoms with van der Waals surface area (Å²) >= 11 is 5.45. The third-order valence-corrected chi connectivity index (χ3v) is 3.60.